The standard InChI is InChI=1S/C14H11BrCl2N4O/c15-10-1-2-11(16)9-6-21(4-3-7(9)10)14-8(13(18)22)5-12(17)19-20-14/h1-2,5H,3-4,6H2,(H2,18,22). The number of nitrogens with two attached hydrogens (primary N) is 1. The lowest BCUT2D eigenvalue weighted by atomic mass is 9.99. The van der Waals surface area contributed by atoms with Crippen molar-refractivity contribution in [2.24, 2.45) is 5.73 Å². The third kappa shape index (κ3) is 2.78. The summed E-state index contributed by atoms with van der Waals surface area (Å²) in [6.07, 6.45) is 0.777. The molecule has 0 radical (unpaired) electrons. The molecular formula is C14H11BrCl2N4O. The van der Waals surface area contributed by atoms with Crippen LogP contribution in [0, 0.1) is 0 Å². The van der Waals surface area contributed by atoms with Gasteiger partial charge in [-0.15, -0.1) is 10.2 Å². The van der Waals surface area contributed by atoms with Crippen molar-refractivity contribution in [3.63, 3.8) is 0 Å². The zero-order valence-corrected chi connectivity index (χ0v) is 14.4. The van der Waals surface area contributed by atoms with Gasteiger partial charge in [0.1, 0.15) is 0 Å². The number of hydrogen-bond donors (Lipinski definition) is 1. The number of aromatic nitrogens is 2. The zero-order valence-electron chi connectivity index (χ0n) is 11.3. The molecule has 0 spiro atoms. The number of hydrogen-bond acceptors (Lipinski definition) is 4. The highest BCUT2D eigenvalue weighted by molar-refractivity contribution is 9.10. The van der Waals surface area contributed by atoms with E-state index in [0.29, 0.717) is 23.9 Å². The van der Waals surface area contributed by atoms with Gasteiger partial charge in [0.25, 0.3) is 5.91 Å². The first kappa shape index (κ1) is 15.5. The van der Waals surface area contributed by atoms with Crippen LogP contribution in [0.4, 0.5) is 5.82 Å². The molecule has 114 valence electrons. The van der Waals surface area contributed by atoms with E-state index >= 15 is 0 Å². The van der Waals surface area contributed by atoms with Gasteiger partial charge in [-0.2, -0.15) is 0 Å². The first-order valence-corrected chi connectivity index (χ1v) is 8.06. The number of fused-ring (bicyclic) bond motifs is 1. The number of benzene rings is 1. The van der Waals surface area contributed by atoms with E-state index in [1.54, 1.807) is 0 Å². The summed E-state index contributed by atoms with van der Waals surface area (Å²) in [5, 5.41) is 8.67. The summed E-state index contributed by atoms with van der Waals surface area (Å²) in [6.45, 7) is 1.22. The molecule has 22 heavy (non-hydrogen) atoms. The van der Waals surface area contributed by atoms with Crippen molar-refractivity contribution >= 4 is 50.9 Å². The minimum atomic E-state index is -0.585. The van der Waals surface area contributed by atoms with Gasteiger partial charge in [-0.3, -0.25) is 4.79 Å². The minimum absolute atomic E-state index is 0.135. The highest BCUT2D eigenvalue weighted by Gasteiger charge is 2.25. The summed E-state index contributed by atoms with van der Waals surface area (Å²) in [5.41, 5.74) is 7.85. The molecule has 0 fully saturated rings. The molecule has 1 aliphatic rings. The van der Waals surface area contributed by atoms with Crippen molar-refractivity contribution in [3.8, 4) is 0 Å². The highest BCUT2D eigenvalue weighted by Crippen LogP contribution is 2.34. The Morgan fingerprint density at radius 3 is 2.77 bits per heavy atom. The molecule has 2 N–H and O–H groups in total. The molecule has 3 rings (SSSR count). The number of anilines is 1. The number of amides is 1. The summed E-state index contributed by atoms with van der Waals surface area (Å²) >= 11 is 15.6. The SMILES string of the molecule is NC(=O)c1cc(Cl)nnc1N1CCc2c(Br)ccc(Cl)c2C1. The van der Waals surface area contributed by atoms with Gasteiger partial charge in [-0.25, -0.2) is 0 Å². The molecule has 1 aromatic heterocycles. The van der Waals surface area contributed by atoms with Crippen molar-refractivity contribution in [2.75, 3.05) is 11.4 Å². The maximum atomic E-state index is 11.6. The fourth-order valence-corrected chi connectivity index (χ4v) is 3.50. The molecule has 1 amide bonds. The van der Waals surface area contributed by atoms with Crippen molar-refractivity contribution in [1.29, 1.82) is 0 Å². The highest BCUT2D eigenvalue weighted by atomic mass is 79.9. The molecule has 1 aliphatic heterocycles. The van der Waals surface area contributed by atoms with Crippen LogP contribution in [0.25, 0.3) is 0 Å². The lowest BCUT2D eigenvalue weighted by molar-refractivity contribution is 0.1000. The van der Waals surface area contributed by atoms with Crippen LogP contribution in [-0.4, -0.2) is 22.6 Å². The third-order valence-corrected chi connectivity index (χ3v) is 4.89. The Hall–Kier alpha value is -1.37. The molecule has 0 aliphatic carbocycles. The van der Waals surface area contributed by atoms with Crippen LogP contribution in [0.1, 0.15) is 21.5 Å². The van der Waals surface area contributed by atoms with Gasteiger partial charge in [-0.05, 0) is 35.7 Å². The Balaban J connectivity index is 2.02. The van der Waals surface area contributed by atoms with Crippen LogP contribution in [0.3, 0.4) is 0 Å². The number of carbonyl (C=O) groups is 1. The summed E-state index contributed by atoms with van der Waals surface area (Å²) in [7, 11) is 0. The van der Waals surface area contributed by atoms with Gasteiger partial charge >= 0.3 is 0 Å². The Kier molecular flexibility index (Phi) is 4.25. The fourth-order valence-electron chi connectivity index (χ4n) is 2.55. The van der Waals surface area contributed by atoms with Crippen molar-refractivity contribution in [1.82, 2.24) is 10.2 Å². The van der Waals surface area contributed by atoms with Crippen molar-refractivity contribution < 1.29 is 4.79 Å². The number of rotatable bonds is 2. The van der Waals surface area contributed by atoms with Crippen LogP contribution >= 0.6 is 39.1 Å². The zero-order chi connectivity index (χ0) is 15.9. The van der Waals surface area contributed by atoms with Crippen LogP contribution in [0.5, 0.6) is 0 Å². The van der Waals surface area contributed by atoms with Gasteiger partial charge < -0.3 is 10.6 Å². The smallest absolute Gasteiger partial charge is 0.252 e. The first-order valence-electron chi connectivity index (χ1n) is 6.51. The molecule has 0 atom stereocenters. The molecule has 0 unspecified atom stereocenters. The maximum Gasteiger partial charge on any atom is 0.252 e. The van der Waals surface area contributed by atoms with Gasteiger partial charge in [0.05, 0.1) is 5.56 Å². The van der Waals surface area contributed by atoms with E-state index in [9.17, 15) is 4.79 Å². The lowest BCUT2D eigenvalue weighted by Gasteiger charge is -2.31. The van der Waals surface area contributed by atoms with Crippen LogP contribution < -0.4 is 10.6 Å². The van der Waals surface area contributed by atoms with Gasteiger partial charge in [0.15, 0.2) is 11.0 Å². The summed E-state index contributed by atoms with van der Waals surface area (Å²) < 4.78 is 1.03. The van der Waals surface area contributed by atoms with Crippen LogP contribution in [-0.2, 0) is 13.0 Å². The number of carbonyl (C=O) groups excluding carboxylic acids is 1. The molecule has 0 saturated heterocycles. The number of nitrogens with zero attached hydrogens (tertiary/aromatic N) is 3. The topological polar surface area (TPSA) is 72.1 Å². The van der Waals surface area contributed by atoms with Gasteiger partial charge in [0.2, 0.25) is 0 Å². The number of halogens is 3. The van der Waals surface area contributed by atoms with Crippen LogP contribution in [0.2, 0.25) is 10.2 Å². The predicted octanol–water partition coefficient (Wildman–Crippen LogP) is 3.21. The molecule has 5 nitrogen and oxygen atoms in total. The minimum Gasteiger partial charge on any atom is -0.365 e. The molecule has 2 heterocycles. The molecule has 1 aromatic carbocycles. The molecule has 8 heteroatoms. The van der Waals surface area contributed by atoms with E-state index in [4.69, 9.17) is 28.9 Å². The van der Waals surface area contributed by atoms with E-state index in [0.717, 1.165) is 16.5 Å². The Morgan fingerprint density at radius 2 is 2.05 bits per heavy atom. The summed E-state index contributed by atoms with van der Waals surface area (Å²) in [6, 6.07) is 5.22. The van der Waals surface area contributed by atoms with E-state index in [1.165, 1.54) is 11.6 Å². The maximum absolute atomic E-state index is 11.6. The fraction of sp³-hybridized carbons (Fsp3) is 0.214. The summed E-state index contributed by atoms with van der Waals surface area (Å²) in [5.74, 6) is -0.156. The monoisotopic (exact) mass is 400 g/mol. The second-order valence-electron chi connectivity index (χ2n) is 4.93. The molecular weight excluding hydrogens is 391 g/mol. The largest absolute Gasteiger partial charge is 0.365 e. The quantitative estimate of drug-likeness (QED) is 0.838. The first-order chi connectivity index (χ1) is 10.5. The number of primary amides is 1. The van der Waals surface area contributed by atoms with E-state index in [2.05, 4.69) is 26.1 Å². The normalized spacial score (nSPS) is 13.9. The second kappa shape index (κ2) is 6.02. The van der Waals surface area contributed by atoms with E-state index in [-0.39, 0.29) is 10.7 Å². The second-order valence-corrected chi connectivity index (χ2v) is 6.58. The molecule has 0 saturated carbocycles. The predicted molar refractivity (Wildman–Crippen MR) is 89.5 cm³/mol. The Morgan fingerprint density at radius 1 is 1.27 bits per heavy atom. The van der Waals surface area contributed by atoms with E-state index < -0.39 is 5.91 Å². The average molecular weight is 402 g/mol. The van der Waals surface area contributed by atoms with E-state index in [1.807, 2.05) is 17.0 Å². The van der Waals surface area contributed by atoms with Gasteiger partial charge in [-0.1, -0.05) is 39.1 Å². The average Bonchev–Trinajstić information content (AvgIpc) is 2.50. The summed E-state index contributed by atoms with van der Waals surface area (Å²) in [4.78, 5) is 13.6. The van der Waals surface area contributed by atoms with Crippen molar-refractivity contribution in [3.05, 3.63) is 49.5 Å². The molecule has 2 aromatic rings. The Labute approximate surface area is 145 Å². The Bertz CT molecular complexity index is 769. The third-order valence-electron chi connectivity index (χ3n) is 3.61. The van der Waals surface area contributed by atoms with Gasteiger partial charge in [0, 0.05) is 22.6 Å². The van der Waals surface area contributed by atoms with Crippen molar-refractivity contribution in [2.45, 2.75) is 13.0 Å². The molecule has 0 bridgehead atoms. The lowest BCUT2D eigenvalue weighted by Crippen LogP contribution is -2.33. The van der Waals surface area contributed by atoms with Crippen LogP contribution in [0.15, 0.2) is 22.7 Å².